The Kier molecular flexibility index (Phi) is 5.06. The van der Waals surface area contributed by atoms with Gasteiger partial charge in [-0.15, -0.1) is 10.2 Å². The predicted molar refractivity (Wildman–Crippen MR) is 71.8 cm³/mol. The van der Waals surface area contributed by atoms with E-state index in [-0.39, 0.29) is 6.04 Å². The van der Waals surface area contributed by atoms with Crippen LogP contribution in [0.4, 0.5) is 0 Å². The molecule has 0 aliphatic heterocycles. The first-order valence-electron chi connectivity index (χ1n) is 6.44. The van der Waals surface area contributed by atoms with Gasteiger partial charge in [0.25, 0.3) is 0 Å². The van der Waals surface area contributed by atoms with Gasteiger partial charge in [-0.1, -0.05) is 37.3 Å². The summed E-state index contributed by atoms with van der Waals surface area (Å²) in [4.78, 5) is 0. The molecule has 2 aromatic rings. The molecular formula is C14H19N3O2. The van der Waals surface area contributed by atoms with E-state index in [2.05, 4.69) is 22.4 Å². The molecule has 0 saturated carbocycles. The van der Waals surface area contributed by atoms with Crippen LogP contribution >= 0.6 is 0 Å². The monoisotopic (exact) mass is 261 g/mol. The molecule has 1 unspecified atom stereocenters. The third kappa shape index (κ3) is 3.62. The van der Waals surface area contributed by atoms with Gasteiger partial charge in [-0.2, -0.15) is 0 Å². The van der Waals surface area contributed by atoms with Crippen molar-refractivity contribution >= 4 is 0 Å². The van der Waals surface area contributed by atoms with Crippen molar-refractivity contribution in [2.75, 3.05) is 20.3 Å². The van der Waals surface area contributed by atoms with Gasteiger partial charge in [0, 0.05) is 13.5 Å². The van der Waals surface area contributed by atoms with Gasteiger partial charge in [0.15, 0.2) is 0 Å². The van der Waals surface area contributed by atoms with Crippen molar-refractivity contribution in [1.29, 1.82) is 0 Å². The van der Waals surface area contributed by atoms with Crippen LogP contribution in [0, 0.1) is 0 Å². The summed E-state index contributed by atoms with van der Waals surface area (Å²) >= 11 is 0. The third-order valence-electron chi connectivity index (χ3n) is 2.79. The summed E-state index contributed by atoms with van der Waals surface area (Å²) in [6.07, 6.45) is 0.636. The molecule has 19 heavy (non-hydrogen) atoms. The molecule has 1 N–H and O–H groups in total. The van der Waals surface area contributed by atoms with Gasteiger partial charge in [0.2, 0.25) is 11.8 Å². The van der Waals surface area contributed by atoms with Crippen LogP contribution in [0.25, 0.3) is 0 Å². The van der Waals surface area contributed by atoms with Crippen LogP contribution in [-0.4, -0.2) is 30.5 Å². The number of nitrogens with one attached hydrogen (secondary N) is 1. The molecule has 2 rings (SSSR count). The van der Waals surface area contributed by atoms with E-state index < -0.39 is 0 Å². The molecular weight excluding hydrogens is 242 g/mol. The zero-order chi connectivity index (χ0) is 13.5. The largest absolute Gasteiger partial charge is 0.423 e. The van der Waals surface area contributed by atoms with Crippen molar-refractivity contribution in [3.63, 3.8) is 0 Å². The highest BCUT2D eigenvalue weighted by molar-refractivity contribution is 5.23. The van der Waals surface area contributed by atoms with Crippen molar-refractivity contribution in [3.05, 3.63) is 47.7 Å². The van der Waals surface area contributed by atoms with Crippen LogP contribution < -0.4 is 5.32 Å². The maximum atomic E-state index is 5.69. The molecule has 0 fully saturated rings. The maximum Gasteiger partial charge on any atom is 0.237 e. The van der Waals surface area contributed by atoms with E-state index in [1.54, 1.807) is 7.11 Å². The summed E-state index contributed by atoms with van der Waals surface area (Å²) in [5.74, 6) is 1.20. The molecule has 102 valence electrons. The Morgan fingerprint density at radius 2 is 2.05 bits per heavy atom. The van der Waals surface area contributed by atoms with E-state index in [1.165, 1.54) is 0 Å². The second-order valence-corrected chi connectivity index (χ2v) is 4.18. The quantitative estimate of drug-likeness (QED) is 0.825. The first kappa shape index (κ1) is 13.7. The summed E-state index contributed by atoms with van der Waals surface area (Å²) in [5, 5.41) is 11.5. The van der Waals surface area contributed by atoms with E-state index in [1.807, 2.05) is 30.3 Å². The van der Waals surface area contributed by atoms with Gasteiger partial charge in [0.1, 0.15) is 6.04 Å². The fourth-order valence-electron chi connectivity index (χ4n) is 1.87. The summed E-state index contributed by atoms with van der Waals surface area (Å²) in [6, 6.07) is 10.0. The van der Waals surface area contributed by atoms with Crippen molar-refractivity contribution in [3.8, 4) is 0 Å². The zero-order valence-electron chi connectivity index (χ0n) is 11.3. The average Bonchev–Trinajstić information content (AvgIpc) is 2.92. The Labute approximate surface area is 113 Å². The highest BCUT2D eigenvalue weighted by Gasteiger charge is 2.19. The molecule has 0 aliphatic rings. The topological polar surface area (TPSA) is 60.2 Å². The van der Waals surface area contributed by atoms with Crippen LogP contribution in [0.5, 0.6) is 0 Å². The van der Waals surface area contributed by atoms with E-state index in [9.17, 15) is 0 Å². The molecule has 5 heteroatoms. The van der Waals surface area contributed by atoms with Crippen molar-refractivity contribution in [2.24, 2.45) is 0 Å². The third-order valence-corrected chi connectivity index (χ3v) is 2.79. The van der Waals surface area contributed by atoms with Crippen molar-refractivity contribution in [2.45, 2.75) is 19.4 Å². The zero-order valence-corrected chi connectivity index (χ0v) is 11.3. The lowest BCUT2D eigenvalue weighted by atomic mass is 10.1. The number of benzene rings is 1. The number of hydrogen-bond donors (Lipinski definition) is 1. The smallest absolute Gasteiger partial charge is 0.237 e. The van der Waals surface area contributed by atoms with Crippen LogP contribution in [0.15, 0.2) is 34.7 Å². The summed E-state index contributed by atoms with van der Waals surface area (Å²) in [7, 11) is 1.66. The molecule has 1 heterocycles. The minimum absolute atomic E-state index is 0.0602. The van der Waals surface area contributed by atoms with Crippen LogP contribution in [0.1, 0.15) is 30.3 Å². The highest BCUT2D eigenvalue weighted by atomic mass is 16.5. The number of methoxy groups -OCH3 is 1. The molecule has 0 saturated heterocycles. The Bertz CT molecular complexity index is 484. The minimum atomic E-state index is -0.0602. The Morgan fingerprint density at radius 3 is 2.74 bits per heavy atom. The number of aromatic nitrogens is 2. The standard InChI is InChI=1S/C14H19N3O2/c1-3-15-13(11-7-5-4-6-8-11)14-17-16-12(19-14)9-10-18-2/h4-8,13,15H,3,9-10H2,1-2H3. The summed E-state index contributed by atoms with van der Waals surface area (Å²) < 4.78 is 10.7. The van der Waals surface area contributed by atoms with Crippen LogP contribution in [0.2, 0.25) is 0 Å². The molecule has 1 atom stereocenters. The molecule has 5 nitrogen and oxygen atoms in total. The van der Waals surface area contributed by atoms with Gasteiger partial charge in [0.05, 0.1) is 6.61 Å². The van der Waals surface area contributed by atoms with Gasteiger partial charge in [-0.25, -0.2) is 0 Å². The Balaban J connectivity index is 2.17. The van der Waals surface area contributed by atoms with Crippen molar-refractivity contribution in [1.82, 2.24) is 15.5 Å². The SMILES string of the molecule is CCNC(c1ccccc1)c1nnc(CCOC)o1. The fourth-order valence-corrected chi connectivity index (χ4v) is 1.87. The van der Waals surface area contributed by atoms with Gasteiger partial charge in [-0.05, 0) is 12.1 Å². The molecule has 0 bridgehead atoms. The average molecular weight is 261 g/mol. The molecule has 0 spiro atoms. The predicted octanol–water partition coefficient (Wildman–Crippen LogP) is 1.96. The Hall–Kier alpha value is -1.72. The lowest BCUT2D eigenvalue weighted by Gasteiger charge is -2.13. The van der Waals surface area contributed by atoms with Crippen LogP contribution in [0.3, 0.4) is 0 Å². The number of rotatable bonds is 7. The van der Waals surface area contributed by atoms with Gasteiger partial charge >= 0.3 is 0 Å². The van der Waals surface area contributed by atoms with Crippen LogP contribution in [-0.2, 0) is 11.2 Å². The maximum absolute atomic E-state index is 5.69. The summed E-state index contributed by atoms with van der Waals surface area (Å²) in [5.41, 5.74) is 1.12. The molecule has 0 amide bonds. The molecule has 1 aromatic heterocycles. The second-order valence-electron chi connectivity index (χ2n) is 4.18. The van der Waals surface area contributed by atoms with Gasteiger partial charge in [-0.3, -0.25) is 0 Å². The van der Waals surface area contributed by atoms with Crippen molar-refractivity contribution < 1.29 is 9.15 Å². The minimum Gasteiger partial charge on any atom is -0.423 e. The first-order chi connectivity index (χ1) is 9.35. The second kappa shape index (κ2) is 7.01. The van der Waals surface area contributed by atoms with E-state index in [4.69, 9.17) is 9.15 Å². The molecule has 1 aromatic carbocycles. The van der Waals surface area contributed by atoms with E-state index >= 15 is 0 Å². The summed E-state index contributed by atoms with van der Waals surface area (Å²) in [6.45, 7) is 3.46. The normalized spacial score (nSPS) is 12.5. The number of nitrogens with zero attached hydrogens (tertiary/aromatic N) is 2. The lowest BCUT2D eigenvalue weighted by Crippen LogP contribution is -2.22. The first-order valence-corrected chi connectivity index (χ1v) is 6.44. The molecule has 0 radical (unpaired) electrons. The Morgan fingerprint density at radius 1 is 1.26 bits per heavy atom. The molecule has 0 aliphatic carbocycles. The lowest BCUT2D eigenvalue weighted by molar-refractivity contribution is 0.194. The fraction of sp³-hybridized carbons (Fsp3) is 0.429. The number of hydrogen-bond acceptors (Lipinski definition) is 5. The van der Waals surface area contributed by atoms with Gasteiger partial charge < -0.3 is 14.5 Å². The van der Waals surface area contributed by atoms with E-state index in [0.717, 1.165) is 12.1 Å². The highest BCUT2D eigenvalue weighted by Crippen LogP contribution is 2.20. The van der Waals surface area contributed by atoms with E-state index in [0.29, 0.717) is 24.8 Å². The number of ether oxygens (including phenoxy) is 1.